The predicted molar refractivity (Wildman–Crippen MR) is 94.8 cm³/mol. The maximum absolute atomic E-state index is 12.1. The molecule has 0 heterocycles. The Morgan fingerprint density at radius 3 is 2.17 bits per heavy atom. The maximum atomic E-state index is 12.1. The second-order valence-corrected chi connectivity index (χ2v) is 8.03. The van der Waals surface area contributed by atoms with Gasteiger partial charge in [0.15, 0.2) is 0 Å². The Bertz CT molecular complexity index is 801. The van der Waals surface area contributed by atoms with Crippen molar-refractivity contribution in [2.24, 2.45) is 0 Å². The van der Waals surface area contributed by atoms with E-state index in [4.69, 9.17) is 11.6 Å². The third kappa shape index (κ3) is 4.56. The van der Waals surface area contributed by atoms with Crippen LogP contribution in [-0.2, 0) is 16.4 Å². The van der Waals surface area contributed by atoms with Crippen molar-refractivity contribution < 1.29 is 13.2 Å². The van der Waals surface area contributed by atoms with Crippen LogP contribution in [0.3, 0.4) is 0 Å². The smallest absolute Gasteiger partial charge is 0.251 e. The zero-order valence-corrected chi connectivity index (χ0v) is 15.1. The average Bonchev–Trinajstić information content (AvgIpc) is 2.56. The molecule has 2 aromatic carbocycles. The molecule has 2 rings (SSSR count). The highest BCUT2D eigenvalue weighted by molar-refractivity contribution is 7.89. The molecule has 0 radical (unpaired) electrons. The Morgan fingerprint density at radius 2 is 1.62 bits per heavy atom. The fourth-order valence-corrected chi connectivity index (χ4v) is 3.09. The molecule has 0 saturated heterocycles. The van der Waals surface area contributed by atoms with Crippen molar-refractivity contribution in [2.45, 2.75) is 11.3 Å². The standard InChI is InChI=1S/C17H19ClN2O3S/c1-20(2)24(22,23)16-9-5-14(6-10-16)17(21)19-12-11-13-3-7-15(18)8-4-13/h3-10H,11-12H2,1-2H3,(H,19,21). The fourth-order valence-electron chi connectivity index (χ4n) is 2.06. The summed E-state index contributed by atoms with van der Waals surface area (Å²) in [6.45, 7) is 0.484. The number of halogens is 1. The van der Waals surface area contributed by atoms with Crippen LogP contribution in [-0.4, -0.2) is 39.3 Å². The fraction of sp³-hybridized carbons (Fsp3) is 0.235. The molecule has 7 heteroatoms. The molecule has 5 nitrogen and oxygen atoms in total. The van der Waals surface area contributed by atoms with Crippen molar-refractivity contribution in [1.82, 2.24) is 9.62 Å². The van der Waals surface area contributed by atoms with Crippen LogP contribution in [0.15, 0.2) is 53.4 Å². The number of sulfonamides is 1. The van der Waals surface area contributed by atoms with Crippen LogP contribution >= 0.6 is 11.6 Å². The first kappa shape index (κ1) is 18.4. The van der Waals surface area contributed by atoms with Crippen molar-refractivity contribution in [3.8, 4) is 0 Å². The SMILES string of the molecule is CN(C)S(=O)(=O)c1ccc(C(=O)NCCc2ccc(Cl)cc2)cc1. The number of nitrogens with zero attached hydrogens (tertiary/aromatic N) is 1. The lowest BCUT2D eigenvalue weighted by Gasteiger charge is -2.11. The van der Waals surface area contributed by atoms with E-state index in [1.165, 1.54) is 38.4 Å². The minimum absolute atomic E-state index is 0.158. The number of benzene rings is 2. The van der Waals surface area contributed by atoms with Gasteiger partial charge in [-0.3, -0.25) is 4.79 Å². The summed E-state index contributed by atoms with van der Waals surface area (Å²) in [6.07, 6.45) is 0.690. The van der Waals surface area contributed by atoms with E-state index in [9.17, 15) is 13.2 Å². The zero-order chi connectivity index (χ0) is 17.7. The van der Waals surface area contributed by atoms with E-state index in [1.54, 1.807) is 0 Å². The van der Waals surface area contributed by atoms with Crippen LogP contribution in [0.2, 0.25) is 5.02 Å². The van der Waals surface area contributed by atoms with E-state index < -0.39 is 10.0 Å². The molecule has 0 aliphatic rings. The minimum atomic E-state index is -3.49. The highest BCUT2D eigenvalue weighted by atomic mass is 35.5. The molecule has 0 aliphatic carbocycles. The molecule has 128 valence electrons. The molecule has 0 fully saturated rings. The normalized spacial score (nSPS) is 11.5. The van der Waals surface area contributed by atoms with Gasteiger partial charge in [0.05, 0.1) is 4.90 Å². The van der Waals surface area contributed by atoms with E-state index in [-0.39, 0.29) is 10.8 Å². The molecule has 2 aromatic rings. The molecule has 1 amide bonds. The summed E-state index contributed by atoms with van der Waals surface area (Å²) in [5, 5.41) is 3.49. The van der Waals surface area contributed by atoms with Crippen LogP contribution in [0, 0.1) is 0 Å². The lowest BCUT2D eigenvalue weighted by Crippen LogP contribution is -2.26. The molecule has 0 unspecified atom stereocenters. The van der Waals surface area contributed by atoms with Gasteiger partial charge in [-0.25, -0.2) is 12.7 Å². The largest absolute Gasteiger partial charge is 0.352 e. The van der Waals surface area contributed by atoms with Gasteiger partial charge >= 0.3 is 0 Å². The van der Waals surface area contributed by atoms with E-state index in [2.05, 4.69) is 5.32 Å². The summed E-state index contributed by atoms with van der Waals surface area (Å²) < 4.78 is 25.1. The number of amides is 1. The Hall–Kier alpha value is -1.89. The van der Waals surface area contributed by atoms with Crippen LogP contribution in [0.25, 0.3) is 0 Å². The molecule has 0 aromatic heterocycles. The van der Waals surface area contributed by atoms with Crippen molar-refractivity contribution in [3.05, 3.63) is 64.7 Å². The van der Waals surface area contributed by atoms with Gasteiger partial charge in [0, 0.05) is 31.2 Å². The molecule has 0 atom stereocenters. The van der Waals surface area contributed by atoms with Gasteiger partial charge in [0.25, 0.3) is 5.91 Å². The summed E-state index contributed by atoms with van der Waals surface area (Å²) in [5.41, 5.74) is 1.50. The highest BCUT2D eigenvalue weighted by Crippen LogP contribution is 2.14. The van der Waals surface area contributed by atoms with Crippen molar-refractivity contribution in [3.63, 3.8) is 0 Å². The predicted octanol–water partition coefficient (Wildman–Crippen LogP) is 2.56. The van der Waals surface area contributed by atoms with Gasteiger partial charge in [0.2, 0.25) is 10.0 Å². The molecular formula is C17H19ClN2O3S. The van der Waals surface area contributed by atoms with E-state index in [1.807, 2.05) is 24.3 Å². The number of hydrogen-bond acceptors (Lipinski definition) is 3. The third-order valence-corrected chi connectivity index (χ3v) is 5.59. The maximum Gasteiger partial charge on any atom is 0.251 e. The minimum Gasteiger partial charge on any atom is -0.352 e. The topological polar surface area (TPSA) is 66.5 Å². The van der Waals surface area contributed by atoms with Gasteiger partial charge in [-0.05, 0) is 48.4 Å². The second kappa shape index (κ2) is 7.79. The van der Waals surface area contributed by atoms with Gasteiger partial charge in [-0.1, -0.05) is 23.7 Å². The van der Waals surface area contributed by atoms with Crippen LogP contribution in [0.1, 0.15) is 15.9 Å². The first-order chi connectivity index (χ1) is 11.3. The van der Waals surface area contributed by atoms with Crippen LogP contribution in [0.5, 0.6) is 0 Å². The molecule has 0 bridgehead atoms. The number of carbonyl (C=O) groups excluding carboxylic acids is 1. The van der Waals surface area contributed by atoms with E-state index in [0.717, 1.165) is 9.87 Å². The number of hydrogen-bond donors (Lipinski definition) is 1. The monoisotopic (exact) mass is 366 g/mol. The van der Waals surface area contributed by atoms with Crippen molar-refractivity contribution in [2.75, 3.05) is 20.6 Å². The summed E-state index contributed by atoms with van der Waals surface area (Å²) >= 11 is 5.82. The molecule has 0 aliphatic heterocycles. The summed E-state index contributed by atoms with van der Waals surface area (Å²) in [6, 6.07) is 13.3. The molecule has 0 spiro atoms. The number of rotatable bonds is 6. The first-order valence-electron chi connectivity index (χ1n) is 7.36. The van der Waals surface area contributed by atoms with E-state index >= 15 is 0 Å². The van der Waals surface area contributed by atoms with E-state index in [0.29, 0.717) is 23.6 Å². The van der Waals surface area contributed by atoms with Crippen molar-refractivity contribution in [1.29, 1.82) is 0 Å². The van der Waals surface area contributed by atoms with Crippen LogP contribution in [0.4, 0.5) is 0 Å². The lowest BCUT2D eigenvalue weighted by molar-refractivity contribution is 0.0954. The Labute approximate surface area is 147 Å². The van der Waals surface area contributed by atoms with Gasteiger partial charge in [0.1, 0.15) is 0 Å². The molecule has 24 heavy (non-hydrogen) atoms. The second-order valence-electron chi connectivity index (χ2n) is 5.44. The van der Waals surface area contributed by atoms with Gasteiger partial charge < -0.3 is 5.32 Å². The lowest BCUT2D eigenvalue weighted by atomic mass is 10.1. The van der Waals surface area contributed by atoms with Crippen LogP contribution < -0.4 is 5.32 Å². The molecular weight excluding hydrogens is 348 g/mol. The molecule has 0 saturated carbocycles. The average molecular weight is 367 g/mol. The summed E-state index contributed by atoms with van der Waals surface area (Å²) in [7, 11) is -0.555. The number of nitrogens with one attached hydrogen (secondary N) is 1. The summed E-state index contributed by atoms with van der Waals surface area (Å²) in [4.78, 5) is 12.2. The quantitative estimate of drug-likeness (QED) is 0.854. The molecule has 1 N–H and O–H groups in total. The Morgan fingerprint density at radius 1 is 1.04 bits per heavy atom. The Kier molecular flexibility index (Phi) is 5.99. The Balaban J connectivity index is 1.94. The zero-order valence-electron chi connectivity index (χ0n) is 13.5. The first-order valence-corrected chi connectivity index (χ1v) is 9.18. The van der Waals surface area contributed by atoms with Gasteiger partial charge in [-0.15, -0.1) is 0 Å². The number of carbonyl (C=O) groups is 1. The summed E-state index contributed by atoms with van der Waals surface area (Å²) in [5.74, 6) is -0.238. The highest BCUT2D eigenvalue weighted by Gasteiger charge is 2.17. The van der Waals surface area contributed by atoms with Gasteiger partial charge in [-0.2, -0.15) is 0 Å². The van der Waals surface area contributed by atoms with Crippen molar-refractivity contribution >= 4 is 27.5 Å². The third-order valence-electron chi connectivity index (χ3n) is 3.51.